The summed E-state index contributed by atoms with van der Waals surface area (Å²) in [6.45, 7) is 4.05. The van der Waals surface area contributed by atoms with Gasteiger partial charge in [0.25, 0.3) is 0 Å². The second kappa shape index (κ2) is 8.86. The van der Waals surface area contributed by atoms with Crippen LogP contribution in [0.5, 0.6) is 0 Å². The van der Waals surface area contributed by atoms with Crippen molar-refractivity contribution in [3.8, 4) is 5.69 Å². The van der Waals surface area contributed by atoms with Gasteiger partial charge in [-0.05, 0) is 38.3 Å². The number of para-hydroxylation sites is 1. The number of hydrogen-bond acceptors (Lipinski definition) is 9. The zero-order valence-electron chi connectivity index (χ0n) is 17.6. The van der Waals surface area contributed by atoms with Crippen LogP contribution in [-0.2, 0) is 0 Å². The quantitative estimate of drug-likeness (QED) is 0.597. The van der Waals surface area contributed by atoms with Crippen molar-refractivity contribution < 1.29 is 0 Å². The Kier molecular flexibility index (Phi) is 6.03. The number of thioether (sulfide) groups is 1. The number of nitrogens with two attached hydrogens (primary N) is 1. The average Bonchev–Trinajstić information content (AvgIpc) is 3.18. The Labute approximate surface area is 180 Å². The van der Waals surface area contributed by atoms with Crippen molar-refractivity contribution in [2.45, 2.75) is 36.6 Å². The molecular weight excluding hydrogens is 398 g/mol. The monoisotopic (exact) mass is 425 g/mol. The van der Waals surface area contributed by atoms with Crippen molar-refractivity contribution >= 4 is 29.6 Å². The summed E-state index contributed by atoms with van der Waals surface area (Å²) in [7, 11) is 3.76. The minimum absolute atomic E-state index is 0.0742. The summed E-state index contributed by atoms with van der Waals surface area (Å²) >= 11 is 1.57. The summed E-state index contributed by atoms with van der Waals surface area (Å²) in [5.41, 5.74) is 6.96. The van der Waals surface area contributed by atoms with Crippen LogP contribution in [0.3, 0.4) is 0 Å². The fourth-order valence-electron chi connectivity index (χ4n) is 3.43. The minimum atomic E-state index is -0.0742. The Morgan fingerprint density at radius 3 is 2.43 bits per heavy atom. The van der Waals surface area contributed by atoms with Crippen LogP contribution in [-0.4, -0.2) is 56.9 Å². The lowest BCUT2D eigenvalue weighted by Crippen LogP contribution is -2.31. The third-order valence-corrected chi connectivity index (χ3v) is 6.01. The van der Waals surface area contributed by atoms with E-state index in [1.54, 1.807) is 11.8 Å². The second-order valence-electron chi connectivity index (χ2n) is 7.51. The molecule has 0 spiro atoms. The molecule has 1 aliphatic heterocycles. The number of hydrogen-bond donors (Lipinski definition) is 1. The summed E-state index contributed by atoms with van der Waals surface area (Å²) < 4.78 is 2.13. The Morgan fingerprint density at radius 2 is 1.73 bits per heavy atom. The summed E-state index contributed by atoms with van der Waals surface area (Å²) in [5.74, 6) is 2.27. The van der Waals surface area contributed by atoms with Gasteiger partial charge in [0.1, 0.15) is 5.82 Å². The second-order valence-corrected chi connectivity index (χ2v) is 8.82. The molecule has 0 bridgehead atoms. The van der Waals surface area contributed by atoms with E-state index in [9.17, 15) is 0 Å². The van der Waals surface area contributed by atoms with E-state index in [2.05, 4.69) is 46.7 Å². The normalized spacial score (nSPS) is 15.2. The van der Waals surface area contributed by atoms with Crippen molar-refractivity contribution in [1.29, 1.82) is 0 Å². The topological polar surface area (TPSA) is 102 Å². The largest absolute Gasteiger partial charge is 0.368 e. The predicted octanol–water partition coefficient (Wildman–Crippen LogP) is 2.94. The molecule has 1 fully saturated rings. The molecule has 0 amide bonds. The average molecular weight is 426 g/mol. The lowest BCUT2D eigenvalue weighted by atomic mass is 10.1. The fourth-order valence-corrected chi connectivity index (χ4v) is 4.34. The van der Waals surface area contributed by atoms with Gasteiger partial charge in [-0.15, -0.1) is 10.2 Å². The highest BCUT2D eigenvalue weighted by molar-refractivity contribution is 7.99. The standard InChI is InChI=1S/C20H27N9S/c1-14(16-22-17(21)24-18(23-16)27(2)3)30-20-26-25-19(28-12-8-5-9-13-28)29(20)15-10-6-4-7-11-15/h4,6-7,10-11,14H,5,8-9,12-13H2,1-3H3,(H2,21,22,23,24)/t14-/m1/s1. The van der Waals surface area contributed by atoms with Crippen LogP contribution < -0.4 is 15.5 Å². The van der Waals surface area contributed by atoms with Gasteiger partial charge >= 0.3 is 0 Å². The van der Waals surface area contributed by atoms with E-state index in [4.69, 9.17) is 5.73 Å². The van der Waals surface area contributed by atoms with Crippen molar-refractivity contribution in [2.24, 2.45) is 0 Å². The molecule has 1 aromatic carbocycles. The molecule has 158 valence electrons. The number of nitrogen functional groups attached to an aromatic ring is 1. The summed E-state index contributed by atoms with van der Waals surface area (Å²) in [6.07, 6.45) is 3.62. The molecule has 3 aromatic rings. The Bertz CT molecular complexity index is 983. The van der Waals surface area contributed by atoms with E-state index < -0.39 is 0 Å². The van der Waals surface area contributed by atoms with Gasteiger partial charge in [0.2, 0.25) is 17.8 Å². The van der Waals surface area contributed by atoms with Gasteiger partial charge in [0, 0.05) is 27.2 Å². The third kappa shape index (κ3) is 4.33. The highest BCUT2D eigenvalue weighted by Gasteiger charge is 2.24. The van der Waals surface area contributed by atoms with E-state index >= 15 is 0 Å². The zero-order chi connectivity index (χ0) is 21.1. The molecule has 0 aliphatic carbocycles. The Hall–Kier alpha value is -2.88. The molecule has 9 nitrogen and oxygen atoms in total. The smallest absolute Gasteiger partial charge is 0.232 e. The van der Waals surface area contributed by atoms with Gasteiger partial charge in [-0.3, -0.25) is 4.57 Å². The molecule has 30 heavy (non-hydrogen) atoms. The summed E-state index contributed by atoms with van der Waals surface area (Å²) in [4.78, 5) is 17.2. The van der Waals surface area contributed by atoms with Gasteiger partial charge in [-0.25, -0.2) is 0 Å². The molecule has 0 unspecified atom stereocenters. The maximum absolute atomic E-state index is 5.91. The number of anilines is 3. The number of aromatic nitrogens is 6. The van der Waals surface area contributed by atoms with Crippen LogP contribution >= 0.6 is 11.8 Å². The summed E-state index contributed by atoms with van der Waals surface area (Å²) in [6, 6.07) is 10.2. The Balaban J connectivity index is 1.68. The first-order chi connectivity index (χ1) is 14.5. The van der Waals surface area contributed by atoms with Gasteiger partial charge in [0.15, 0.2) is 5.16 Å². The lowest BCUT2D eigenvalue weighted by Gasteiger charge is -2.28. The minimum Gasteiger partial charge on any atom is -0.368 e. The van der Waals surface area contributed by atoms with Crippen LogP contribution in [0.25, 0.3) is 5.69 Å². The lowest BCUT2D eigenvalue weighted by molar-refractivity contribution is 0.564. The molecule has 1 atom stereocenters. The van der Waals surface area contributed by atoms with Crippen molar-refractivity contribution in [3.63, 3.8) is 0 Å². The molecule has 10 heteroatoms. The molecule has 0 saturated carbocycles. The molecular formula is C20H27N9S. The zero-order valence-corrected chi connectivity index (χ0v) is 18.4. The van der Waals surface area contributed by atoms with Crippen LogP contribution in [0, 0.1) is 0 Å². The Morgan fingerprint density at radius 1 is 1.00 bits per heavy atom. The third-order valence-electron chi connectivity index (χ3n) is 4.97. The highest BCUT2D eigenvalue weighted by Crippen LogP contribution is 2.36. The van der Waals surface area contributed by atoms with E-state index in [-0.39, 0.29) is 11.2 Å². The van der Waals surface area contributed by atoms with Gasteiger partial charge < -0.3 is 15.5 Å². The van der Waals surface area contributed by atoms with Gasteiger partial charge in [0.05, 0.1) is 10.9 Å². The number of nitrogens with zero attached hydrogens (tertiary/aromatic N) is 8. The first-order valence-corrected chi connectivity index (χ1v) is 11.0. The van der Waals surface area contributed by atoms with Crippen LogP contribution in [0.4, 0.5) is 17.8 Å². The van der Waals surface area contributed by atoms with E-state index in [0.717, 1.165) is 29.9 Å². The molecule has 2 N–H and O–H groups in total. The number of piperidine rings is 1. The molecule has 0 radical (unpaired) electrons. The van der Waals surface area contributed by atoms with Crippen LogP contribution in [0.2, 0.25) is 0 Å². The number of benzene rings is 1. The fraction of sp³-hybridized carbons (Fsp3) is 0.450. The van der Waals surface area contributed by atoms with Gasteiger partial charge in [-0.1, -0.05) is 30.0 Å². The molecule has 1 saturated heterocycles. The van der Waals surface area contributed by atoms with Crippen molar-refractivity contribution in [3.05, 3.63) is 36.2 Å². The maximum Gasteiger partial charge on any atom is 0.232 e. The number of rotatable bonds is 6. The highest BCUT2D eigenvalue weighted by atomic mass is 32.2. The molecule has 4 rings (SSSR count). The SMILES string of the molecule is C[C@@H](Sc1nnc(N2CCCCC2)n1-c1ccccc1)c1nc(N)nc(N(C)C)n1. The first kappa shape index (κ1) is 20.4. The molecule has 2 aromatic heterocycles. The van der Waals surface area contributed by atoms with E-state index in [1.807, 2.05) is 44.1 Å². The van der Waals surface area contributed by atoms with Crippen LogP contribution in [0.1, 0.15) is 37.3 Å². The van der Waals surface area contributed by atoms with Crippen LogP contribution in [0.15, 0.2) is 35.5 Å². The molecule has 3 heterocycles. The maximum atomic E-state index is 5.91. The van der Waals surface area contributed by atoms with E-state index in [0.29, 0.717) is 11.8 Å². The predicted molar refractivity (Wildman–Crippen MR) is 120 cm³/mol. The summed E-state index contributed by atoms with van der Waals surface area (Å²) in [5, 5.41) is 9.82. The first-order valence-electron chi connectivity index (χ1n) is 10.1. The van der Waals surface area contributed by atoms with Crippen molar-refractivity contribution in [1.82, 2.24) is 29.7 Å². The van der Waals surface area contributed by atoms with Gasteiger partial charge in [-0.2, -0.15) is 15.0 Å². The van der Waals surface area contributed by atoms with Crippen molar-refractivity contribution in [2.75, 3.05) is 42.7 Å². The van der Waals surface area contributed by atoms with E-state index in [1.165, 1.54) is 19.3 Å². The molecule has 1 aliphatic rings.